The van der Waals surface area contributed by atoms with Crippen molar-refractivity contribution in [3.63, 3.8) is 0 Å². The van der Waals surface area contributed by atoms with Gasteiger partial charge in [0, 0.05) is 12.1 Å². The van der Waals surface area contributed by atoms with Crippen molar-refractivity contribution in [2.45, 2.75) is 35.8 Å². The third kappa shape index (κ3) is 2.48. The number of amides is 1. The maximum absolute atomic E-state index is 12.4. The van der Waals surface area contributed by atoms with Gasteiger partial charge in [0.2, 0.25) is 0 Å². The van der Waals surface area contributed by atoms with Crippen molar-refractivity contribution in [3.05, 3.63) is 15.4 Å². The molecule has 2 atom stereocenters. The molecule has 0 aromatic carbocycles. The molecule has 1 aromatic heterocycles. The summed E-state index contributed by atoms with van der Waals surface area (Å²) in [7, 11) is -1.97. The molecule has 1 aliphatic rings. The number of rotatable bonds is 2. The number of hydrogen-bond acceptors (Lipinski definition) is 5. The van der Waals surface area contributed by atoms with Crippen LogP contribution in [0.2, 0.25) is 0 Å². The predicted molar refractivity (Wildman–Crippen MR) is 80.8 cm³/mol. The monoisotopic (exact) mass is 381 g/mol. The molecule has 5 nitrogen and oxygen atoms in total. The highest BCUT2D eigenvalue weighted by molar-refractivity contribution is 9.11. The molecule has 0 radical (unpaired) electrons. The minimum Gasteiger partial charge on any atom is -0.453 e. The number of nitrogens with zero attached hydrogens (tertiary/aromatic N) is 1. The Morgan fingerprint density at radius 3 is 2.80 bits per heavy atom. The van der Waals surface area contributed by atoms with Crippen LogP contribution in [0.15, 0.2) is 14.1 Å². The van der Waals surface area contributed by atoms with Crippen molar-refractivity contribution in [3.8, 4) is 0 Å². The second kappa shape index (κ2) is 5.65. The summed E-state index contributed by atoms with van der Waals surface area (Å²) in [6.07, 6.45) is -0.0428. The third-order valence-corrected chi connectivity index (χ3v) is 7.92. The lowest BCUT2D eigenvalue weighted by atomic mass is 10.0. The van der Waals surface area contributed by atoms with E-state index in [1.165, 1.54) is 18.4 Å². The van der Waals surface area contributed by atoms with Crippen LogP contribution in [-0.2, 0) is 14.6 Å². The summed E-state index contributed by atoms with van der Waals surface area (Å²) in [5, 5.41) is -0.510. The molecule has 0 saturated heterocycles. The van der Waals surface area contributed by atoms with Gasteiger partial charge in [-0.3, -0.25) is 0 Å². The summed E-state index contributed by atoms with van der Waals surface area (Å²) in [6.45, 7) is 4.01. The molecular formula is C12H16BrNO4S2. The highest BCUT2D eigenvalue weighted by Gasteiger charge is 2.41. The van der Waals surface area contributed by atoms with Crippen molar-refractivity contribution in [1.82, 2.24) is 4.90 Å². The Hall–Kier alpha value is -0.600. The second-order valence-electron chi connectivity index (χ2n) is 4.66. The lowest BCUT2D eigenvalue weighted by molar-refractivity contribution is 0.104. The van der Waals surface area contributed by atoms with E-state index in [1.807, 2.05) is 6.92 Å². The van der Waals surface area contributed by atoms with Crippen molar-refractivity contribution in [2.75, 3.05) is 13.7 Å². The van der Waals surface area contributed by atoms with Crippen LogP contribution >= 0.6 is 27.3 Å². The number of ether oxygens (including phenoxy) is 1. The molecule has 2 heterocycles. The van der Waals surface area contributed by atoms with Crippen molar-refractivity contribution < 1.29 is 17.9 Å². The molecule has 8 heteroatoms. The molecule has 1 amide bonds. The summed E-state index contributed by atoms with van der Waals surface area (Å²) in [4.78, 5) is 13.4. The van der Waals surface area contributed by atoms with Crippen LogP contribution < -0.4 is 0 Å². The van der Waals surface area contributed by atoms with Gasteiger partial charge in [-0.2, -0.15) is 0 Å². The zero-order valence-electron chi connectivity index (χ0n) is 11.4. The van der Waals surface area contributed by atoms with Gasteiger partial charge in [0.05, 0.1) is 22.2 Å². The van der Waals surface area contributed by atoms with E-state index < -0.39 is 21.2 Å². The zero-order chi connectivity index (χ0) is 15.1. The van der Waals surface area contributed by atoms with Crippen molar-refractivity contribution in [1.29, 1.82) is 0 Å². The highest BCUT2D eigenvalue weighted by atomic mass is 79.9. The number of thiophene rings is 1. The Kier molecular flexibility index (Phi) is 4.46. The molecule has 20 heavy (non-hydrogen) atoms. The first-order valence-corrected chi connectivity index (χ1v) is 9.36. The summed E-state index contributed by atoms with van der Waals surface area (Å²) >= 11 is 4.54. The molecule has 1 aliphatic heterocycles. The Balaban J connectivity index is 2.54. The number of hydrogen-bond donors (Lipinski definition) is 0. The van der Waals surface area contributed by atoms with Gasteiger partial charge < -0.3 is 9.64 Å². The molecular weight excluding hydrogens is 366 g/mol. The fourth-order valence-electron chi connectivity index (χ4n) is 2.45. The Morgan fingerprint density at radius 2 is 2.25 bits per heavy atom. The second-order valence-corrected chi connectivity index (χ2v) is 9.65. The maximum Gasteiger partial charge on any atom is 0.409 e. The Bertz CT molecular complexity index is 625. The first-order chi connectivity index (χ1) is 9.32. The average molecular weight is 382 g/mol. The number of methoxy groups -OCH3 is 1. The van der Waals surface area contributed by atoms with E-state index >= 15 is 0 Å². The SMILES string of the molecule is CCN(C(=O)OC)[C@H]1C[C@H](C)S(=O)(=O)c2sc(Br)cc21. The summed E-state index contributed by atoms with van der Waals surface area (Å²) in [5.41, 5.74) is 0.687. The maximum atomic E-state index is 12.4. The van der Waals surface area contributed by atoms with Gasteiger partial charge in [0.25, 0.3) is 0 Å². The van der Waals surface area contributed by atoms with Gasteiger partial charge in [-0.15, -0.1) is 11.3 Å². The summed E-state index contributed by atoms with van der Waals surface area (Å²) in [6, 6.07) is 1.53. The minimum atomic E-state index is -3.30. The van der Waals surface area contributed by atoms with E-state index in [4.69, 9.17) is 4.74 Å². The van der Waals surface area contributed by atoms with E-state index in [9.17, 15) is 13.2 Å². The first kappa shape index (κ1) is 15.8. The Morgan fingerprint density at radius 1 is 1.60 bits per heavy atom. The Labute approximate surface area is 131 Å². The fraction of sp³-hybridized carbons (Fsp3) is 0.583. The van der Waals surface area contributed by atoms with E-state index in [0.717, 1.165) is 3.79 Å². The highest BCUT2D eigenvalue weighted by Crippen LogP contribution is 2.45. The molecule has 0 saturated carbocycles. The lowest BCUT2D eigenvalue weighted by Crippen LogP contribution is -2.40. The van der Waals surface area contributed by atoms with Crippen molar-refractivity contribution >= 4 is 43.2 Å². The van der Waals surface area contributed by atoms with Crippen molar-refractivity contribution in [2.24, 2.45) is 0 Å². The number of carbonyl (C=O) groups excluding carboxylic acids is 1. The predicted octanol–water partition coefficient (Wildman–Crippen LogP) is 3.21. The van der Waals surface area contributed by atoms with Gasteiger partial charge in [-0.25, -0.2) is 13.2 Å². The molecule has 0 N–H and O–H groups in total. The fourth-order valence-corrected chi connectivity index (χ4v) is 6.73. The van der Waals surface area contributed by atoms with Gasteiger partial charge in [0.1, 0.15) is 4.21 Å². The standard InChI is InChI=1S/C12H16BrNO4S2/c1-4-14(12(15)18-3)9-5-7(2)20(16,17)11-8(9)6-10(13)19-11/h6-7,9H,4-5H2,1-3H3/t7-,9-/m0/s1. The smallest absolute Gasteiger partial charge is 0.409 e. The van der Waals surface area contributed by atoms with E-state index in [-0.39, 0.29) is 6.04 Å². The molecule has 2 rings (SSSR count). The molecule has 0 aliphatic carbocycles. The zero-order valence-corrected chi connectivity index (χ0v) is 14.6. The van der Waals surface area contributed by atoms with E-state index in [1.54, 1.807) is 17.9 Å². The van der Waals surface area contributed by atoms with Crippen LogP contribution in [0.5, 0.6) is 0 Å². The number of fused-ring (bicyclic) bond motifs is 1. The summed E-state index contributed by atoms with van der Waals surface area (Å²) in [5.74, 6) is 0. The van der Waals surface area contributed by atoms with Crippen LogP contribution in [0.4, 0.5) is 4.79 Å². The lowest BCUT2D eigenvalue weighted by Gasteiger charge is -2.34. The van der Waals surface area contributed by atoms with Crippen LogP contribution in [0.1, 0.15) is 31.9 Å². The molecule has 112 valence electrons. The number of sulfone groups is 1. The number of carbonyl (C=O) groups is 1. The average Bonchev–Trinajstić information content (AvgIpc) is 2.79. The van der Waals surface area contributed by atoms with Gasteiger partial charge >= 0.3 is 6.09 Å². The molecule has 1 aromatic rings. The van der Waals surface area contributed by atoms with Crippen LogP contribution in [0.25, 0.3) is 0 Å². The topological polar surface area (TPSA) is 63.7 Å². The number of halogens is 1. The minimum absolute atomic E-state index is 0.261. The van der Waals surface area contributed by atoms with E-state index in [2.05, 4.69) is 15.9 Å². The van der Waals surface area contributed by atoms with Crippen LogP contribution in [-0.4, -0.2) is 38.3 Å². The quantitative estimate of drug-likeness (QED) is 0.788. The van der Waals surface area contributed by atoms with Gasteiger partial charge in [-0.05, 0) is 42.3 Å². The molecule has 0 fully saturated rings. The molecule has 0 spiro atoms. The van der Waals surface area contributed by atoms with Crippen LogP contribution in [0.3, 0.4) is 0 Å². The third-order valence-electron chi connectivity index (χ3n) is 3.52. The van der Waals surface area contributed by atoms with Gasteiger partial charge in [0.15, 0.2) is 9.84 Å². The van der Waals surface area contributed by atoms with Gasteiger partial charge in [-0.1, -0.05) is 0 Å². The molecule has 0 unspecified atom stereocenters. The largest absolute Gasteiger partial charge is 0.453 e. The van der Waals surface area contributed by atoms with Crippen LogP contribution in [0, 0.1) is 0 Å². The first-order valence-electron chi connectivity index (χ1n) is 6.20. The normalized spacial score (nSPS) is 24.0. The molecule has 0 bridgehead atoms. The summed E-state index contributed by atoms with van der Waals surface area (Å²) < 4.78 is 30.6. The van der Waals surface area contributed by atoms with E-state index in [0.29, 0.717) is 22.7 Å².